The quantitative estimate of drug-likeness (QED) is 0.356. The standard InChI is InChI=1S/C29H34FN3O4S/c1-3-31-29(35)27(21-23-13-6-4-7-14-23)33(22-24-15-10-11-18-26(24)30)28(34)19-12-20-32(2)38(36,37)25-16-8-5-9-17-25/h4-11,13-18,27H,3,12,19-22H2,1-2H3,(H,31,35)/t27-/m0/s1. The molecule has 0 aliphatic rings. The van der Waals surface area contributed by atoms with Crippen molar-refractivity contribution in [2.45, 2.75) is 43.7 Å². The van der Waals surface area contributed by atoms with Crippen LogP contribution in [0.4, 0.5) is 4.39 Å². The fourth-order valence-electron chi connectivity index (χ4n) is 4.15. The molecule has 0 spiro atoms. The second kappa shape index (κ2) is 13.8. The van der Waals surface area contributed by atoms with Gasteiger partial charge in [-0.1, -0.05) is 66.7 Å². The van der Waals surface area contributed by atoms with E-state index in [4.69, 9.17) is 0 Å². The minimum atomic E-state index is -3.69. The van der Waals surface area contributed by atoms with E-state index >= 15 is 0 Å². The van der Waals surface area contributed by atoms with Crippen LogP contribution in [-0.2, 0) is 32.6 Å². The smallest absolute Gasteiger partial charge is 0.243 e. The van der Waals surface area contributed by atoms with Crippen LogP contribution in [0.1, 0.15) is 30.9 Å². The van der Waals surface area contributed by atoms with Crippen LogP contribution in [0.15, 0.2) is 89.8 Å². The van der Waals surface area contributed by atoms with Crippen LogP contribution in [-0.4, -0.2) is 55.6 Å². The zero-order chi connectivity index (χ0) is 27.5. The number of nitrogens with one attached hydrogen (secondary N) is 1. The SMILES string of the molecule is CCNC(=O)[C@H](Cc1ccccc1)N(Cc1ccccc1F)C(=O)CCCN(C)S(=O)(=O)c1ccccc1. The lowest BCUT2D eigenvalue weighted by Crippen LogP contribution is -2.50. The van der Waals surface area contributed by atoms with Crippen LogP contribution in [0.2, 0.25) is 0 Å². The van der Waals surface area contributed by atoms with Gasteiger partial charge in [-0.25, -0.2) is 17.1 Å². The summed E-state index contributed by atoms with van der Waals surface area (Å²) in [5, 5.41) is 2.80. The second-order valence-electron chi connectivity index (χ2n) is 8.96. The highest BCUT2D eigenvalue weighted by Crippen LogP contribution is 2.19. The molecular weight excluding hydrogens is 505 g/mol. The fraction of sp³-hybridized carbons (Fsp3) is 0.310. The molecule has 7 nitrogen and oxygen atoms in total. The van der Waals surface area contributed by atoms with Crippen molar-refractivity contribution in [1.29, 1.82) is 0 Å². The molecule has 0 aliphatic heterocycles. The number of carbonyl (C=O) groups excluding carboxylic acids is 2. The Hall–Kier alpha value is -3.56. The first-order chi connectivity index (χ1) is 18.2. The maximum atomic E-state index is 14.6. The van der Waals surface area contributed by atoms with Gasteiger partial charge in [0.2, 0.25) is 21.8 Å². The Morgan fingerprint density at radius 1 is 0.921 bits per heavy atom. The lowest BCUT2D eigenvalue weighted by Gasteiger charge is -2.32. The zero-order valence-corrected chi connectivity index (χ0v) is 22.5. The normalized spacial score (nSPS) is 12.2. The van der Waals surface area contributed by atoms with Gasteiger partial charge >= 0.3 is 0 Å². The lowest BCUT2D eigenvalue weighted by molar-refractivity contribution is -0.141. The fourth-order valence-corrected chi connectivity index (χ4v) is 5.38. The summed E-state index contributed by atoms with van der Waals surface area (Å²) in [5.41, 5.74) is 1.16. The number of hydrogen-bond acceptors (Lipinski definition) is 4. The van der Waals surface area contributed by atoms with E-state index in [0.717, 1.165) is 5.56 Å². The first-order valence-electron chi connectivity index (χ1n) is 12.6. The van der Waals surface area contributed by atoms with Crippen molar-refractivity contribution in [3.05, 3.63) is 102 Å². The van der Waals surface area contributed by atoms with Gasteiger partial charge in [-0.05, 0) is 37.1 Å². The molecule has 1 atom stereocenters. The summed E-state index contributed by atoms with van der Waals surface area (Å²) in [5.74, 6) is -1.15. The molecule has 38 heavy (non-hydrogen) atoms. The molecule has 0 aliphatic carbocycles. The van der Waals surface area contributed by atoms with Crippen molar-refractivity contribution in [3.8, 4) is 0 Å². The number of halogens is 1. The van der Waals surface area contributed by atoms with Crippen LogP contribution >= 0.6 is 0 Å². The van der Waals surface area contributed by atoms with Crippen molar-refractivity contribution >= 4 is 21.8 Å². The highest BCUT2D eigenvalue weighted by molar-refractivity contribution is 7.89. The minimum Gasteiger partial charge on any atom is -0.355 e. The molecule has 1 N–H and O–H groups in total. The molecule has 0 bridgehead atoms. The van der Waals surface area contributed by atoms with Crippen molar-refractivity contribution in [2.75, 3.05) is 20.1 Å². The van der Waals surface area contributed by atoms with Crippen LogP contribution in [0.3, 0.4) is 0 Å². The molecular formula is C29H34FN3O4S. The summed E-state index contributed by atoms with van der Waals surface area (Å²) >= 11 is 0. The maximum Gasteiger partial charge on any atom is 0.243 e. The molecule has 0 aromatic heterocycles. The van der Waals surface area contributed by atoms with E-state index in [0.29, 0.717) is 12.1 Å². The molecule has 202 valence electrons. The van der Waals surface area contributed by atoms with E-state index in [1.807, 2.05) is 30.3 Å². The number of hydrogen-bond donors (Lipinski definition) is 1. The van der Waals surface area contributed by atoms with Crippen LogP contribution in [0.5, 0.6) is 0 Å². The molecule has 0 fully saturated rings. The third-order valence-electron chi connectivity index (χ3n) is 6.24. The summed E-state index contributed by atoms with van der Waals surface area (Å²) in [4.78, 5) is 28.3. The van der Waals surface area contributed by atoms with Crippen molar-refractivity contribution in [2.24, 2.45) is 0 Å². The Balaban J connectivity index is 1.81. The summed E-state index contributed by atoms with van der Waals surface area (Å²) in [6, 6.07) is 22.7. The number of sulfonamides is 1. The summed E-state index contributed by atoms with van der Waals surface area (Å²) < 4.78 is 41.5. The highest BCUT2D eigenvalue weighted by Gasteiger charge is 2.31. The molecule has 0 unspecified atom stereocenters. The molecule has 0 saturated heterocycles. The van der Waals surface area contributed by atoms with Gasteiger partial charge in [0.15, 0.2) is 0 Å². The van der Waals surface area contributed by atoms with Gasteiger partial charge in [-0.2, -0.15) is 0 Å². The number of nitrogens with zero attached hydrogens (tertiary/aromatic N) is 2. The zero-order valence-electron chi connectivity index (χ0n) is 21.7. The van der Waals surface area contributed by atoms with Crippen LogP contribution in [0.25, 0.3) is 0 Å². The maximum absolute atomic E-state index is 14.6. The van der Waals surface area contributed by atoms with E-state index < -0.39 is 21.9 Å². The van der Waals surface area contributed by atoms with Gasteiger partial charge < -0.3 is 10.2 Å². The first kappa shape index (κ1) is 29.0. The highest BCUT2D eigenvalue weighted by atomic mass is 32.2. The number of amides is 2. The first-order valence-corrected chi connectivity index (χ1v) is 14.0. The monoisotopic (exact) mass is 539 g/mol. The predicted octanol–water partition coefficient (Wildman–Crippen LogP) is 4.00. The van der Waals surface area contributed by atoms with Gasteiger partial charge in [-0.3, -0.25) is 9.59 Å². The molecule has 0 heterocycles. The molecule has 2 amide bonds. The van der Waals surface area contributed by atoms with Crippen molar-refractivity contribution < 1.29 is 22.4 Å². The third-order valence-corrected chi connectivity index (χ3v) is 8.11. The van der Waals surface area contributed by atoms with Crippen molar-refractivity contribution in [1.82, 2.24) is 14.5 Å². The second-order valence-corrected chi connectivity index (χ2v) is 11.0. The van der Waals surface area contributed by atoms with E-state index in [1.165, 1.54) is 34.5 Å². The molecule has 9 heteroatoms. The summed E-state index contributed by atoms with van der Waals surface area (Å²) in [7, 11) is -2.23. The minimum absolute atomic E-state index is 0.00615. The third kappa shape index (κ3) is 7.72. The average Bonchev–Trinajstić information content (AvgIpc) is 2.92. The topological polar surface area (TPSA) is 86.8 Å². The van der Waals surface area contributed by atoms with E-state index in [1.54, 1.807) is 43.3 Å². The molecule has 0 saturated carbocycles. The Bertz CT molecular complexity index is 1300. The predicted molar refractivity (Wildman–Crippen MR) is 145 cm³/mol. The Labute approximate surface area is 224 Å². The average molecular weight is 540 g/mol. The summed E-state index contributed by atoms with van der Waals surface area (Å²) in [6.45, 7) is 2.21. The Kier molecular flexibility index (Phi) is 10.6. The van der Waals surface area contributed by atoms with E-state index in [9.17, 15) is 22.4 Å². The van der Waals surface area contributed by atoms with Gasteiger partial charge in [0.25, 0.3) is 0 Å². The number of likely N-dealkylation sites (N-methyl/N-ethyl adjacent to an activating group) is 1. The molecule has 3 rings (SSSR count). The van der Waals surface area contributed by atoms with Gasteiger partial charge in [0.1, 0.15) is 11.9 Å². The Morgan fingerprint density at radius 3 is 2.16 bits per heavy atom. The largest absolute Gasteiger partial charge is 0.355 e. The summed E-state index contributed by atoms with van der Waals surface area (Å²) in [6.07, 6.45) is 0.492. The van der Waals surface area contributed by atoms with Crippen LogP contribution < -0.4 is 5.32 Å². The number of benzene rings is 3. The van der Waals surface area contributed by atoms with Crippen molar-refractivity contribution in [3.63, 3.8) is 0 Å². The molecule has 3 aromatic carbocycles. The lowest BCUT2D eigenvalue weighted by atomic mass is 10.0. The number of rotatable bonds is 13. The van der Waals surface area contributed by atoms with E-state index in [2.05, 4.69) is 5.32 Å². The van der Waals surface area contributed by atoms with Gasteiger partial charge in [-0.15, -0.1) is 0 Å². The van der Waals surface area contributed by atoms with Crippen LogP contribution in [0, 0.1) is 5.82 Å². The van der Waals surface area contributed by atoms with Gasteiger partial charge in [0.05, 0.1) is 4.90 Å². The van der Waals surface area contributed by atoms with Gasteiger partial charge in [0, 0.05) is 45.1 Å². The Morgan fingerprint density at radius 2 is 1.53 bits per heavy atom. The van der Waals surface area contributed by atoms with E-state index in [-0.39, 0.29) is 49.1 Å². The molecule has 3 aromatic rings. The number of carbonyl (C=O) groups is 2. The molecule has 0 radical (unpaired) electrons.